The predicted molar refractivity (Wildman–Crippen MR) is 56.8 cm³/mol. The molecule has 1 aromatic heterocycles. The average Bonchev–Trinajstić information content (AvgIpc) is 2.67. The smallest absolute Gasteiger partial charge is 0.240 e. The zero-order chi connectivity index (χ0) is 13.6. The zero-order valence-electron chi connectivity index (χ0n) is 9.61. The van der Waals surface area contributed by atoms with Crippen LogP contribution >= 0.6 is 0 Å². The molecule has 1 aromatic rings. The van der Waals surface area contributed by atoms with Gasteiger partial charge < -0.3 is 0 Å². The Bertz CT molecular complexity index is 550. The Morgan fingerprint density at radius 2 is 2.11 bits per heavy atom. The lowest BCUT2D eigenvalue weighted by Gasteiger charge is -2.11. The van der Waals surface area contributed by atoms with Crippen molar-refractivity contribution in [3.8, 4) is 0 Å². The van der Waals surface area contributed by atoms with E-state index >= 15 is 0 Å². The highest BCUT2D eigenvalue weighted by molar-refractivity contribution is 7.91. The maximum absolute atomic E-state index is 12.4. The molecule has 0 aliphatic carbocycles. The quantitative estimate of drug-likeness (QED) is 0.814. The fraction of sp³-hybridized carbons (Fsp3) is 0.778. The first-order valence-corrected chi connectivity index (χ1v) is 7.17. The van der Waals surface area contributed by atoms with Gasteiger partial charge in [-0.25, -0.2) is 18.1 Å². The third kappa shape index (κ3) is 3.01. The van der Waals surface area contributed by atoms with Crippen molar-refractivity contribution in [2.24, 2.45) is 0 Å². The molecule has 1 aliphatic heterocycles. The van der Waals surface area contributed by atoms with E-state index in [4.69, 9.17) is 0 Å². The lowest BCUT2D eigenvalue weighted by molar-refractivity contribution is -0.143. The van der Waals surface area contributed by atoms with Crippen molar-refractivity contribution in [3.63, 3.8) is 0 Å². The number of aromatic nitrogens is 3. The van der Waals surface area contributed by atoms with E-state index in [1.54, 1.807) is 0 Å². The minimum Gasteiger partial charge on any atom is -0.240 e. The molecule has 0 bridgehead atoms. The molecule has 102 valence electrons. The van der Waals surface area contributed by atoms with Gasteiger partial charge in [0.1, 0.15) is 18.2 Å². The number of alkyl halides is 3. The summed E-state index contributed by atoms with van der Waals surface area (Å²) in [6.45, 7) is 0.250. The van der Waals surface area contributed by atoms with E-state index in [2.05, 4.69) is 10.1 Å². The van der Waals surface area contributed by atoms with Crippen LogP contribution in [0.3, 0.4) is 0 Å². The van der Waals surface area contributed by atoms with Crippen LogP contribution in [0.15, 0.2) is 0 Å². The first kappa shape index (κ1) is 13.3. The van der Waals surface area contributed by atoms with E-state index in [1.165, 1.54) is 6.92 Å². The topological polar surface area (TPSA) is 64.8 Å². The van der Waals surface area contributed by atoms with Crippen molar-refractivity contribution >= 4 is 9.84 Å². The summed E-state index contributed by atoms with van der Waals surface area (Å²) in [4.78, 5) is 3.93. The Hall–Kier alpha value is -1.12. The van der Waals surface area contributed by atoms with Crippen LogP contribution in [0.4, 0.5) is 13.2 Å². The summed E-state index contributed by atoms with van der Waals surface area (Å²) in [5.74, 6) is -0.304. The van der Waals surface area contributed by atoms with Gasteiger partial charge in [-0.3, -0.25) is 0 Å². The van der Waals surface area contributed by atoms with Gasteiger partial charge in [0.05, 0.1) is 11.5 Å². The second-order valence-corrected chi connectivity index (χ2v) is 6.62. The molecule has 2 heterocycles. The van der Waals surface area contributed by atoms with E-state index in [0.717, 1.165) is 4.68 Å². The van der Waals surface area contributed by atoms with E-state index in [0.29, 0.717) is 6.42 Å². The Labute approximate surface area is 102 Å². The van der Waals surface area contributed by atoms with Gasteiger partial charge in [-0.1, -0.05) is 0 Å². The zero-order valence-corrected chi connectivity index (χ0v) is 10.4. The fourth-order valence-electron chi connectivity index (χ4n) is 2.06. The number of sulfone groups is 1. The molecule has 2 rings (SSSR count). The molecular weight excluding hydrogens is 271 g/mol. The number of hydrogen-bond donors (Lipinski definition) is 0. The van der Waals surface area contributed by atoms with Crippen LogP contribution in [0.2, 0.25) is 0 Å². The summed E-state index contributed by atoms with van der Waals surface area (Å²) in [6.07, 6.45) is -4.09. The van der Waals surface area contributed by atoms with Crippen molar-refractivity contribution in [3.05, 3.63) is 11.6 Å². The maximum atomic E-state index is 12.4. The lowest BCUT2D eigenvalue weighted by atomic mass is 10.1. The lowest BCUT2D eigenvalue weighted by Crippen LogP contribution is -2.22. The molecular formula is C9H12F3N3O2S. The van der Waals surface area contributed by atoms with E-state index < -0.39 is 28.5 Å². The number of rotatable bonds is 2. The molecule has 0 spiro atoms. The molecule has 1 atom stereocenters. The van der Waals surface area contributed by atoms with Gasteiger partial charge in [0.25, 0.3) is 0 Å². The third-order valence-electron chi connectivity index (χ3n) is 2.73. The van der Waals surface area contributed by atoms with Crippen LogP contribution < -0.4 is 0 Å². The van der Waals surface area contributed by atoms with Gasteiger partial charge >= 0.3 is 6.18 Å². The number of halogens is 3. The van der Waals surface area contributed by atoms with Gasteiger partial charge in [0.2, 0.25) is 0 Å². The number of nitrogens with zero attached hydrogens (tertiary/aromatic N) is 3. The monoisotopic (exact) mass is 283 g/mol. The summed E-state index contributed by atoms with van der Waals surface area (Å²) in [7, 11) is -3.16. The third-order valence-corrected chi connectivity index (χ3v) is 4.50. The second-order valence-electron chi connectivity index (χ2n) is 4.39. The van der Waals surface area contributed by atoms with E-state index in [1.807, 2.05) is 0 Å². The Balaban J connectivity index is 2.28. The fourth-order valence-corrected chi connectivity index (χ4v) is 3.80. The van der Waals surface area contributed by atoms with Crippen molar-refractivity contribution in [1.82, 2.24) is 14.8 Å². The number of hydrogen-bond acceptors (Lipinski definition) is 4. The highest BCUT2D eigenvalue weighted by Gasteiger charge is 2.36. The minimum absolute atomic E-state index is 0.00437. The van der Waals surface area contributed by atoms with Gasteiger partial charge in [0.15, 0.2) is 9.84 Å². The Morgan fingerprint density at radius 3 is 2.61 bits per heavy atom. The van der Waals surface area contributed by atoms with Crippen LogP contribution in [0.1, 0.15) is 24.0 Å². The largest absolute Gasteiger partial charge is 0.408 e. The summed E-state index contributed by atoms with van der Waals surface area (Å²) >= 11 is 0. The normalized spacial score (nSPS) is 23.4. The summed E-state index contributed by atoms with van der Waals surface area (Å²) in [6, 6.07) is 0. The highest BCUT2D eigenvalue weighted by atomic mass is 32.2. The molecule has 18 heavy (non-hydrogen) atoms. The molecule has 0 unspecified atom stereocenters. The second kappa shape index (κ2) is 4.22. The molecule has 0 saturated carbocycles. The number of aryl methyl sites for hydroxylation is 1. The SMILES string of the molecule is Cc1nc([C@H]2CCS(=O)(=O)C2)n(CC(F)(F)F)n1. The first-order valence-electron chi connectivity index (χ1n) is 5.35. The summed E-state index contributed by atoms with van der Waals surface area (Å²) < 4.78 is 60.5. The molecule has 0 aromatic carbocycles. The molecule has 5 nitrogen and oxygen atoms in total. The van der Waals surface area contributed by atoms with Crippen molar-refractivity contribution in [2.75, 3.05) is 11.5 Å². The average molecular weight is 283 g/mol. The van der Waals surface area contributed by atoms with Crippen LogP contribution in [0.5, 0.6) is 0 Å². The van der Waals surface area contributed by atoms with Gasteiger partial charge in [-0.05, 0) is 13.3 Å². The molecule has 1 saturated heterocycles. The van der Waals surface area contributed by atoms with Crippen molar-refractivity contribution < 1.29 is 21.6 Å². The maximum Gasteiger partial charge on any atom is 0.408 e. The molecule has 0 amide bonds. The minimum atomic E-state index is -4.40. The van der Waals surface area contributed by atoms with Gasteiger partial charge in [-0.15, -0.1) is 0 Å². The highest BCUT2D eigenvalue weighted by Crippen LogP contribution is 2.29. The van der Waals surface area contributed by atoms with Crippen LogP contribution in [0.25, 0.3) is 0 Å². The van der Waals surface area contributed by atoms with Crippen LogP contribution in [0, 0.1) is 6.92 Å². The van der Waals surface area contributed by atoms with Crippen molar-refractivity contribution in [1.29, 1.82) is 0 Å². The summed E-state index contributed by atoms with van der Waals surface area (Å²) in [5.41, 5.74) is 0. The molecule has 0 radical (unpaired) electrons. The standard InChI is InChI=1S/C9H12F3N3O2S/c1-6-13-8(7-2-3-18(16,17)4-7)15(14-6)5-9(10,11)12/h7H,2-5H2,1H3/t7-/m0/s1. The van der Waals surface area contributed by atoms with Gasteiger partial charge in [-0.2, -0.15) is 18.3 Å². The molecule has 1 aliphatic rings. The van der Waals surface area contributed by atoms with Crippen molar-refractivity contribution in [2.45, 2.75) is 32.0 Å². The van der Waals surface area contributed by atoms with Crippen LogP contribution in [-0.2, 0) is 16.4 Å². The first-order chi connectivity index (χ1) is 8.16. The molecule has 9 heteroatoms. The Morgan fingerprint density at radius 1 is 1.44 bits per heavy atom. The van der Waals surface area contributed by atoms with E-state index in [9.17, 15) is 21.6 Å². The van der Waals surface area contributed by atoms with E-state index in [-0.39, 0.29) is 23.2 Å². The van der Waals surface area contributed by atoms with Gasteiger partial charge in [0, 0.05) is 5.92 Å². The predicted octanol–water partition coefficient (Wildman–Crippen LogP) is 1.05. The summed E-state index contributed by atoms with van der Waals surface area (Å²) in [5, 5.41) is 3.68. The van der Waals surface area contributed by atoms with Crippen LogP contribution in [-0.4, -0.2) is 40.9 Å². The molecule has 0 N–H and O–H groups in total. The Kier molecular flexibility index (Phi) is 3.12. The molecule has 1 fully saturated rings.